The quantitative estimate of drug-likeness (QED) is 0.908. The molecule has 2 rings (SSSR count). The predicted molar refractivity (Wildman–Crippen MR) is 72.2 cm³/mol. The van der Waals surface area contributed by atoms with Gasteiger partial charge in [0.25, 0.3) is 0 Å². The average Bonchev–Trinajstić information content (AvgIpc) is 2.39. The zero-order valence-corrected chi connectivity index (χ0v) is 10.8. The topological polar surface area (TPSA) is 66.3 Å². The van der Waals surface area contributed by atoms with Crippen LogP contribution in [0.1, 0.15) is 5.69 Å². The van der Waals surface area contributed by atoms with Crippen molar-refractivity contribution in [3.05, 3.63) is 53.6 Å². The molecule has 0 saturated heterocycles. The van der Waals surface area contributed by atoms with Gasteiger partial charge in [0.2, 0.25) is 0 Å². The minimum Gasteiger partial charge on any atom is -0.480 e. The number of halogens is 1. The standard InChI is InChI=1S/C13H12ClN3O2/c14-10-1-3-12(4-2-10)17(8-13(18)19)7-11-5-6-15-9-16-11/h1-6,9H,7-8H2,(H,18,19). The van der Waals surface area contributed by atoms with E-state index in [2.05, 4.69) is 9.97 Å². The van der Waals surface area contributed by atoms with Crippen molar-refractivity contribution in [3.8, 4) is 0 Å². The summed E-state index contributed by atoms with van der Waals surface area (Å²) in [6.45, 7) is 0.294. The highest BCUT2D eigenvalue weighted by molar-refractivity contribution is 6.30. The van der Waals surface area contributed by atoms with Crippen LogP contribution in [0.5, 0.6) is 0 Å². The van der Waals surface area contributed by atoms with Crippen molar-refractivity contribution >= 4 is 23.3 Å². The number of carboxylic acids is 1. The van der Waals surface area contributed by atoms with Crippen LogP contribution in [0, 0.1) is 0 Å². The van der Waals surface area contributed by atoms with E-state index in [0.717, 1.165) is 11.4 Å². The molecule has 1 heterocycles. The van der Waals surface area contributed by atoms with Crippen molar-refractivity contribution in [1.82, 2.24) is 9.97 Å². The van der Waals surface area contributed by atoms with Gasteiger partial charge in [-0.15, -0.1) is 0 Å². The fourth-order valence-electron chi connectivity index (χ4n) is 1.66. The maximum absolute atomic E-state index is 10.9. The molecule has 1 aromatic heterocycles. The number of carbonyl (C=O) groups is 1. The summed E-state index contributed by atoms with van der Waals surface area (Å²) in [6.07, 6.45) is 3.07. The Hall–Kier alpha value is -2.14. The first-order chi connectivity index (χ1) is 9.15. The van der Waals surface area contributed by atoms with Crippen molar-refractivity contribution in [2.75, 3.05) is 11.4 Å². The maximum atomic E-state index is 10.9. The van der Waals surface area contributed by atoms with E-state index in [1.807, 2.05) is 0 Å². The summed E-state index contributed by atoms with van der Waals surface area (Å²) in [5, 5.41) is 9.59. The molecule has 0 unspecified atom stereocenters. The monoisotopic (exact) mass is 277 g/mol. The van der Waals surface area contributed by atoms with Crippen molar-refractivity contribution < 1.29 is 9.90 Å². The molecule has 2 aromatic rings. The van der Waals surface area contributed by atoms with Crippen molar-refractivity contribution in [2.24, 2.45) is 0 Å². The van der Waals surface area contributed by atoms with Crippen molar-refractivity contribution in [1.29, 1.82) is 0 Å². The number of rotatable bonds is 5. The molecule has 0 bridgehead atoms. The van der Waals surface area contributed by atoms with Gasteiger partial charge in [-0.05, 0) is 30.3 Å². The van der Waals surface area contributed by atoms with E-state index >= 15 is 0 Å². The van der Waals surface area contributed by atoms with Gasteiger partial charge in [-0.25, -0.2) is 9.97 Å². The molecule has 0 radical (unpaired) electrons. The fraction of sp³-hybridized carbons (Fsp3) is 0.154. The summed E-state index contributed by atoms with van der Waals surface area (Å²) < 4.78 is 0. The molecule has 1 N–H and O–H groups in total. The van der Waals surface area contributed by atoms with Crippen LogP contribution in [0.15, 0.2) is 42.9 Å². The number of anilines is 1. The van der Waals surface area contributed by atoms with E-state index < -0.39 is 5.97 Å². The highest BCUT2D eigenvalue weighted by Gasteiger charge is 2.12. The number of aliphatic carboxylic acids is 1. The third-order valence-corrected chi connectivity index (χ3v) is 2.77. The van der Waals surface area contributed by atoms with Gasteiger partial charge in [0.15, 0.2) is 0 Å². The third kappa shape index (κ3) is 3.93. The molecule has 0 saturated carbocycles. The number of benzene rings is 1. The van der Waals surface area contributed by atoms with E-state index in [4.69, 9.17) is 16.7 Å². The number of aromatic nitrogens is 2. The van der Waals surface area contributed by atoms with Crippen LogP contribution in [0.3, 0.4) is 0 Å². The van der Waals surface area contributed by atoms with Crippen LogP contribution in [-0.2, 0) is 11.3 Å². The van der Waals surface area contributed by atoms with Gasteiger partial charge in [-0.1, -0.05) is 11.6 Å². The molecule has 1 aromatic carbocycles. The van der Waals surface area contributed by atoms with E-state index in [0.29, 0.717) is 11.6 Å². The minimum absolute atomic E-state index is 0.106. The average molecular weight is 278 g/mol. The number of nitrogens with zero attached hydrogens (tertiary/aromatic N) is 3. The number of hydrogen-bond donors (Lipinski definition) is 1. The molecule has 0 aliphatic heterocycles. The van der Waals surface area contributed by atoms with Gasteiger partial charge in [0.1, 0.15) is 12.9 Å². The van der Waals surface area contributed by atoms with Crippen molar-refractivity contribution in [2.45, 2.75) is 6.54 Å². The van der Waals surface area contributed by atoms with E-state index in [9.17, 15) is 4.79 Å². The SMILES string of the molecule is O=C(O)CN(Cc1ccncn1)c1ccc(Cl)cc1. The zero-order chi connectivity index (χ0) is 13.7. The van der Waals surface area contributed by atoms with Gasteiger partial charge in [-0.3, -0.25) is 4.79 Å². The molecule has 19 heavy (non-hydrogen) atoms. The second kappa shape index (κ2) is 6.15. The Balaban J connectivity index is 2.20. The van der Waals surface area contributed by atoms with E-state index in [1.54, 1.807) is 41.4 Å². The summed E-state index contributed by atoms with van der Waals surface area (Å²) in [5.74, 6) is -0.899. The molecule has 98 valence electrons. The van der Waals surface area contributed by atoms with Gasteiger partial charge in [0, 0.05) is 16.9 Å². The molecular weight excluding hydrogens is 266 g/mol. The molecule has 6 heteroatoms. The van der Waals surface area contributed by atoms with Crippen LogP contribution >= 0.6 is 11.6 Å². The minimum atomic E-state index is -0.899. The summed E-state index contributed by atoms with van der Waals surface area (Å²) in [6, 6.07) is 8.78. The summed E-state index contributed by atoms with van der Waals surface area (Å²) in [5.41, 5.74) is 1.54. The summed E-state index contributed by atoms with van der Waals surface area (Å²) >= 11 is 5.83. The largest absolute Gasteiger partial charge is 0.480 e. The Kier molecular flexibility index (Phi) is 4.30. The first-order valence-corrected chi connectivity index (χ1v) is 6.00. The molecule has 0 fully saturated rings. The lowest BCUT2D eigenvalue weighted by atomic mass is 10.2. The lowest BCUT2D eigenvalue weighted by Gasteiger charge is -2.22. The second-order valence-electron chi connectivity index (χ2n) is 3.93. The highest BCUT2D eigenvalue weighted by Crippen LogP contribution is 2.19. The highest BCUT2D eigenvalue weighted by atomic mass is 35.5. The Morgan fingerprint density at radius 2 is 2.00 bits per heavy atom. The molecule has 0 spiro atoms. The molecule has 0 amide bonds. The summed E-state index contributed by atoms with van der Waals surface area (Å²) in [7, 11) is 0. The maximum Gasteiger partial charge on any atom is 0.323 e. The van der Waals surface area contributed by atoms with Crippen LogP contribution in [0.4, 0.5) is 5.69 Å². The summed E-state index contributed by atoms with van der Waals surface area (Å²) in [4.78, 5) is 20.6. The number of hydrogen-bond acceptors (Lipinski definition) is 4. The van der Waals surface area contributed by atoms with Crippen LogP contribution in [0.2, 0.25) is 5.02 Å². The third-order valence-electron chi connectivity index (χ3n) is 2.51. The van der Waals surface area contributed by atoms with Crippen LogP contribution < -0.4 is 4.90 Å². The zero-order valence-electron chi connectivity index (χ0n) is 10.0. The van der Waals surface area contributed by atoms with E-state index in [-0.39, 0.29) is 6.54 Å². The Bertz CT molecular complexity index is 546. The number of carboxylic acid groups (broad SMARTS) is 1. The lowest BCUT2D eigenvalue weighted by molar-refractivity contribution is -0.135. The Morgan fingerprint density at radius 3 is 2.58 bits per heavy atom. The fourth-order valence-corrected chi connectivity index (χ4v) is 1.79. The lowest BCUT2D eigenvalue weighted by Crippen LogP contribution is -2.29. The van der Waals surface area contributed by atoms with Crippen molar-refractivity contribution in [3.63, 3.8) is 0 Å². The van der Waals surface area contributed by atoms with E-state index in [1.165, 1.54) is 6.33 Å². The van der Waals surface area contributed by atoms with Crippen LogP contribution in [-0.4, -0.2) is 27.6 Å². The Morgan fingerprint density at radius 1 is 1.26 bits per heavy atom. The molecular formula is C13H12ClN3O2. The molecule has 5 nitrogen and oxygen atoms in total. The van der Waals surface area contributed by atoms with Gasteiger partial charge in [-0.2, -0.15) is 0 Å². The van der Waals surface area contributed by atoms with Crippen LogP contribution in [0.25, 0.3) is 0 Å². The van der Waals surface area contributed by atoms with Gasteiger partial charge >= 0.3 is 5.97 Å². The molecule has 0 aliphatic rings. The Labute approximate surface area is 115 Å². The first-order valence-electron chi connectivity index (χ1n) is 5.62. The second-order valence-corrected chi connectivity index (χ2v) is 4.36. The predicted octanol–water partition coefficient (Wildman–Crippen LogP) is 2.22. The normalized spacial score (nSPS) is 10.2. The van der Waals surface area contributed by atoms with Gasteiger partial charge in [0.05, 0.1) is 12.2 Å². The van der Waals surface area contributed by atoms with Gasteiger partial charge < -0.3 is 10.0 Å². The molecule has 0 aliphatic carbocycles. The first kappa shape index (κ1) is 13.3. The molecule has 0 atom stereocenters. The smallest absolute Gasteiger partial charge is 0.323 e.